The van der Waals surface area contributed by atoms with Crippen molar-refractivity contribution < 1.29 is 18.6 Å². The molecule has 0 aliphatic carbocycles. The molecule has 2 rings (SSSR count). The zero-order valence-corrected chi connectivity index (χ0v) is 12.1. The van der Waals surface area contributed by atoms with Crippen molar-refractivity contribution in [2.24, 2.45) is 0 Å². The molecular formula is C17H18F2O2. The first-order valence-electron chi connectivity index (χ1n) is 6.91. The average Bonchev–Trinajstić information content (AvgIpc) is 2.50. The monoisotopic (exact) mass is 292 g/mol. The summed E-state index contributed by atoms with van der Waals surface area (Å²) in [4.78, 5) is 0. The topological polar surface area (TPSA) is 29.5 Å². The molecule has 0 saturated carbocycles. The van der Waals surface area contributed by atoms with Crippen LogP contribution in [0.2, 0.25) is 0 Å². The molecule has 0 fully saturated rings. The van der Waals surface area contributed by atoms with Gasteiger partial charge in [0, 0.05) is 0 Å². The molecule has 0 saturated heterocycles. The summed E-state index contributed by atoms with van der Waals surface area (Å²) in [5.41, 5.74) is 1.32. The van der Waals surface area contributed by atoms with Gasteiger partial charge in [0.05, 0.1) is 6.61 Å². The third kappa shape index (κ3) is 3.58. The molecule has 0 bridgehead atoms. The lowest BCUT2D eigenvalue weighted by Crippen LogP contribution is -1.96. The van der Waals surface area contributed by atoms with Gasteiger partial charge in [-0.3, -0.25) is 0 Å². The maximum absolute atomic E-state index is 13.8. The van der Waals surface area contributed by atoms with Crippen molar-refractivity contribution in [3.63, 3.8) is 0 Å². The van der Waals surface area contributed by atoms with E-state index in [2.05, 4.69) is 13.8 Å². The van der Waals surface area contributed by atoms with E-state index in [0.717, 1.165) is 24.1 Å². The zero-order valence-electron chi connectivity index (χ0n) is 12.1. The third-order valence-electron chi connectivity index (χ3n) is 3.52. The summed E-state index contributed by atoms with van der Waals surface area (Å²) >= 11 is 0. The van der Waals surface area contributed by atoms with E-state index in [0.29, 0.717) is 11.7 Å². The Balaban J connectivity index is 2.22. The predicted octanol–water partition coefficient (Wildman–Crippen LogP) is 4.76. The summed E-state index contributed by atoms with van der Waals surface area (Å²) in [6, 6.07) is 9.29. The normalized spacial score (nSPS) is 12.2. The highest BCUT2D eigenvalue weighted by molar-refractivity contribution is 5.37. The highest BCUT2D eigenvalue weighted by Gasteiger charge is 2.13. The van der Waals surface area contributed by atoms with E-state index in [1.165, 1.54) is 0 Å². The highest BCUT2D eigenvalue weighted by Crippen LogP contribution is 2.30. The molecule has 2 nitrogen and oxygen atoms in total. The van der Waals surface area contributed by atoms with Crippen LogP contribution >= 0.6 is 0 Å². The lowest BCUT2D eigenvalue weighted by Gasteiger charge is -2.12. The predicted molar refractivity (Wildman–Crippen MR) is 77.5 cm³/mol. The molecule has 0 aromatic heterocycles. The molecule has 0 spiro atoms. The van der Waals surface area contributed by atoms with Gasteiger partial charge in [0.15, 0.2) is 17.4 Å². The molecule has 0 heterocycles. The van der Waals surface area contributed by atoms with Crippen molar-refractivity contribution in [3.8, 4) is 11.5 Å². The fourth-order valence-electron chi connectivity index (χ4n) is 2.02. The highest BCUT2D eigenvalue weighted by atomic mass is 19.1. The quantitative estimate of drug-likeness (QED) is 0.860. The van der Waals surface area contributed by atoms with Crippen LogP contribution in [0, 0.1) is 11.6 Å². The van der Waals surface area contributed by atoms with Crippen LogP contribution in [-0.4, -0.2) is 5.11 Å². The Morgan fingerprint density at radius 1 is 1.10 bits per heavy atom. The van der Waals surface area contributed by atoms with E-state index in [4.69, 9.17) is 9.84 Å². The Morgan fingerprint density at radius 2 is 1.67 bits per heavy atom. The summed E-state index contributed by atoms with van der Waals surface area (Å²) < 4.78 is 32.8. The molecule has 0 amide bonds. The lowest BCUT2D eigenvalue weighted by atomic mass is 9.99. The average molecular weight is 292 g/mol. The molecule has 0 aliphatic rings. The van der Waals surface area contributed by atoms with Gasteiger partial charge in [-0.1, -0.05) is 26.0 Å². The third-order valence-corrected chi connectivity index (χ3v) is 3.52. The smallest absolute Gasteiger partial charge is 0.198 e. The van der Waals surface area contributed by atoms with Gasteiger partial charge in [-0.05, 0) is 47.7 Å². The van der Waals surface area contributed by atoms with Crippen LogP contribution in [-0.2, 0) is 6.61 Å². The second-order valence-corrected chi connectivity index (χ2v) is 5.03. The van der Waals surface area contributed by atoms with Gasteiger partial charge >= 0.3 is 0 Å². The fourth-order valence-corrected chi connectivity index (χ4v) is 2.02. The van der Waals surface area contributed by atoms with E-state index < -0.39 is 24.0 Å². The maximum atomic E-state index is 13.8. The summed E-state index contributed by atoms with van der Waals surface area (Å²) in [7, 11) is 0. The summed E-state index contributed by atoms with van der Waals surface area (Å²) in [6.07, 6.45) is 1.02. The van der Waals surface area contributed by atoms with Gasteiger partial charge in [0.2, 0.25) is 0 Å². The number of aliphatic hydroxyl groups is 1. The SMILES string of the molecule is CCC(C)c1ccc(Oc2c(F)cc(CO)cc2F)cc1. The molecule has 1 unspecified atom stereocenters. The molecule has 0 radical (unpaired) electrons. The molecule has 1 atom stereocenters. The van der Waals surface area contributed by atoms with Gasteiger partial charge in [0.25, 0.3) is 0 Å². The summed E-state index contributed by atoms with van der Waals surface area (Å²) in [6.45, 7) is 3.79. The van der Waals surface area contributed by atoms with Crippen LogP contribution in [0.4, 0.5) is 8.78 Å². The van der Waals surface area contributed by atoms with E-state index in [1.54, 1.807) is 12.1 Å². The minimum absolute atomic E-state index is 0.171. The summed E-state index contributed by atoms with van der Waals surface area (Å²) in [5, 5.41) is 8.90. The number of ether oxygens (including phenoxy) is 1. The molecule has 2 aromatic rings. The molecule has 112 valence electrons. The minimum Gasteiger partial charge on any atom is -0.451 e. The van der Waals surface area contributed by atoms with Crippen LogP contribution in [0.15, 0.2) is 36.4 Å². The Kier molecular flexibility index (Phi) is 4.91. The van der Waals surface area contributed by atoms with Gasteiger partial charge in [-0.2, -0.15) is 0 Å². The first-order chi connectivity index (χ1) is 10.0. The summed E-state index contributed by atoms with van der Waals surface area (Å²) in [5.74, 6) is -1.31. The molecule has 21 heavy (non-hydrogen) atoms. The van der Waals surface area contributed by atoms with Crippen molar-refractivity contribution >= 4 is 0 Å². The maximum Gasteiger partial charge on any atom is 0.198 e. The van der Waals surface area contributed by atoms with Gasteiger partial charge < -0.3 is 9.84 Å². The zero-order chi connectivity index (χ0) is 15.4. The van der Waals surface area contributed by atoms with Crippen LogP contribution in [0.1, 0.15) is 37.3 Å². The first-order valence-corrected chi connectivity index (χ1v) is 6.91. The standard InChI is InChI=1S/C17H18F2O2/c1-3-11(2)13-4-6-14(7-5-13)21-17-15(18)8-12(10-20)9-16(17)19/h4-9,11,20H,3,10H2,1-2H3. The lowest BCUT2D eigenvalue weighted by molar-refractivity contribution is 0.279. The first kappa shape index (κ1) is 15.4. The molecular weight excluding hydrogens is 274 g/mol. The molecule has 4 heteroatoms. The molecule has 1 N–H and O–H groups in total. The van der Waals surface area contributed by atoms with Crippen LogP contribution in [0.25, 0.3) is 0 Å². The number of hydrogen-bond acceptors (Lipinski definition) is 2. The number of hydrogen-bond donors (Lipinski definition) is 1. The fraction of sp³-hybridized carbons (Fsp3) is 0.294. The number of aliphatic hydroxyl groups excluding tert-OH is 1. The second-order valence-electron chi connectivity index (χ2n) is 5.03. The van der Waals surface area contributed by atoms with Crippen molar-refractivity contribution in [3.05, 3.63) is 59.2 Å². The van der Waals surface area contributed by atoms with Crippen molar-refractivity contribution in [1.82, 2.24) is 0 Å². The van der Waals surface area contributed by atoms with Crippen molar-refractivity contribution in [1.29, 1.82) is 0 Å². The molecule has 0 aliphatic heterocycles. The molecule has 2 aromatic carbocycles. The van der Waals surface area contributed by atoms with Crippen LogP contribution < -0.4 is 4.74 Å². The van der Waals surface area contributed by atoms with E-state index in [-0.39, 0.29) is 5.56 Å². The van der Waals surface area contributed by atoms with Gasteiger partial charge in [-0.15, -0.1) is 0 Å². The Hall–Kier alpha value is -1.94. The number of halogens is 2. The Morgan fingerprint density at radius 3 is 2.14 bits per heavy atom. The van der Waals surface area contributed by atoms with E-state index in [9.17, 15) is 8.78 Å². The van der Waals surface area contributed by atoms with E-state index in [1.807, 2.05) is 12.1 Å². The van der Waals surface area contributed by atoms with Gasteiger partial charge in [0.1, 0.15) is 5.75 Å². The second kappa shape index (κ2) is 6.68. The minimum atomic E-state index is -0.829. The Labute approximate surface area is 123 Å². The van der Waals surface area contributed by atoms with Crippen LogP contribution in [0.3, 0.4) is 0 Å². The van der Waals surface area contributed by atoms with Crippen molar-refractivity contribution in [2.75, 3.05) is 0 Å². The Bertz CT molecular complexity index is 586. The van der Waals surface area contributed by atoms with Crippen LogP contribution in [0.5, 0.6) is 11.5 Å². The largest absolute Gasteiger partial charge is 0.451 e. The number of benzene rings is 2. The van der Waals surface area contributed by atoms with E-state index >= 15 is 0 Å². The number of rotatable bonds is 5. The van der Waals surface area contributed by atoms with Gasteiger partial charge in [-0.25, -0.2) is 8.78 Å². The van der Waals surface area contributed by atoms with Crippen molar-refractivity contribution in [2.45, 2.75) is 32.8 Å².